The molecule has 126 valence electrons. The van der Waals surface area contributed by atoms with E-state index in [1.165, 1.54) is 36.8 Å². The van der Waals surface area contributed by atoms with E-state index in [9.17, 15) is 4.79 Å². The molecule has 0 spiro atoms. The third-order valence-electron chi connectivity index (χ3n) is 5.13. The van der Waals surface area contributed by atoms with Gasteiger partial charge in [-0.3, -0.25) is 4.79 Å². The van der Waals surface area contributed by atoms with Crippen molar-refractivity contribution in [2.45, 2.75) is 51.5 Å². The first-order chi connectivity index (χ1) is 11.7. The van der Waals surface area contributed by atoms with Crippen molar-refractivity contribution in [2.75, 3.05) is 7.05 Å². The number of nitrogens with zero attached hydrogens (tertiary/aromatic N) is 1. The lowest BCUT2D eigenvalue weighted by molar-refractivity contribution is 0.0705. The Hall–Kier alpha value is -2.09. The number of rotatable bonds is 6. The summed E-state index contributed by atoms with van der Waals surface area (Å²) in [6, 6.07) is 17.0. The van der Waals surface area contributed by atoms with Gasteiger partial charge < -0.3 is 4.90 Å². The highest BCUT2D eigenvalue weighted by Gasteiger charge is 2.30. The second-order valence-corrected chi connectivity index (χ2v) is 6.85. The Kier molecular flexibility index (Phi) is 5.34. The van der Waals surface area contributed by atoms with Crippen LogP contribution >= 0.6 is 0 Å². The van der Waals surface area contributed by atoms with Crippen molar-refractivity contribution in [2.24, 2.45) is 0 Å². The van der Waals surface area contributed by atoms with Gasteiger partial charge in [0.05, 0.1) is 6.04 Å². The number of unbranched alkanes of at least 4 members (excludes halogenated alkanes) is 3. The summed E-state index contributed by atoms with van der Waals surface area (Å²) in [5.41, 5.74) is 4.65. The van der Waals surface area contributed by atoms with Gasteiger partial charge in [-0.15, -0.1) is 0 Å². The van der Waals surface area contributed by atoms with Gasteiger partial charge in [0.15, 0.2) is 0 Å². The predicted molar refractivity (Wildman–Crippen MR) is 99.3 cm³/mol. The maximum Gasteiger partial charge on any atom is 0.254 e. The lowest BCUT2D eigenvalue weighted by Crippen LogP contribution is -2.37. The topological polar surface area (TPSA) is 20.3 Å². The fourth-order valence-corrected chi connectivity index (χ4v) is 3.59. The van der Waals surface area contributed by atoms with Gasteiger partial charge >= 0.3 is 0 Å². The normalized spacial score (nSPS) is 17.0. The number of aryl methyl sites for hydroxylation is 1. The van der Waals surface area contributed by atoms with Crippen molar-refractivity contribution in [3.63, 3.8) is 0 Å². The van der Waals surface area contributed by atoms with E-state index in [0.29, 0.717) is 0 Å². The highest BCUT2D eigenvalue weighted by Crippen LogP contribution is 2.32. The van der Waals surface area contributed by atoms with Crippen LogP contribution < -0.4 is 0 Å². The van der Waals surface area contributed by atoms with Crippen LogP contribution in [0.1, 0.15) is 65.7 Å². The first kappa shape index (κ1) is 16.8. The zero-order valence-corrected chi connectivity index (χ0v) is 14.8. The molecule has 2 aromatic rings. The number of carbonyl (C=O) groups is 1. The largest absolute Gasteiger partial charge is 0.334 e. The SMILES string of the molecule is CCCCCCc1ccc(C2Cc3ccccc3C(=O)N2C)cc1. The first-order valence-electron chi connectivity index (χ1n) is 9.14. The molecule has 1 aliphatic heterocycles. The van der Waals surface area contributed by atoms with Crippen molar-refractivity contribution < 1.29 is 4.79 Å². The van der Waals surface area contributed by atoms with Crippen molar-refractivity contribution in [3.8, 4) is 0 Å². The van der Waals surface area contributed by atoms with Crippen LogP contribution in [0.3, 0.4) is 0 Å². The summed E-state index contributed by atoms with van der Waals surface area (Å²) in [6.07, 6.45) is 7.24. The van der Waals surface area contributed by atoms with Crippen LogP contribution in [0.2, 0.25) is 0 Å². The second-order valence-electron chi connectivity index (χ2n) is 6.85. The van der Waals surface area contributed by atoms with Crippen LogP contribution in [0.25, 0.3) is 0 Å². The Morgan fingerprint density at radius 2 is 1.75 bits per heavy atom. The van der Waals surface area contributed by atoms with Gasteiger partial charge in [0.2, 0.25) is 0 Å². The van der Waals surface area contributed by atoms with E-state index in [4.69, 9.17) is 0 Å². The van der Waals surface area contributed by atoms with Gasteiger partial charge in [0, 0.05) is 12.6 Å². The summed E-state index contributed by atoms with van der Waals surface area (Å²) in [5.74, 6) is 0.130. The molecule has 0 aromatic heterocycles. The Labute approximate surface area is 145 Å². The maximum absolute atomic E-state index is 12.6. The van der Waals surface area contributed by atoms with Gasteiger partial charge in [0.25, 0.3) is 5.91 Å². The summed E-state index contributed by atoms with van der Waals surface area (Å²) in [6.45, 7) is 2.24. The number of carbonyl (C=O) groups excluding carboxylic acids is 1. The van der Waals surface area contributed by atoms with Crippen LogP contribution in [-0.4, -0.2) is 17.9 Å². The molecule has 2 nitrogen and oxygen atoms in total. The molecule has 0 fully saturated rings. The highest BCUT2D eigenvalue weighted by atomic mass is 16.2. The summed E-state index contributed by atoms with van der Waals surface area (Å²) >= 11 is 0. The van der Waals surface area contributed by atoms with Crippen molar-refractivity contribution >= 4 is 5.91 Å². The monoisotopic (exact) mass is 321 g/mol. The molecule has 1 aliphatic rings. The highest BCUT2D eigenvalue weighted by molar-refractivity contribution is 5.97. The second kappa shape index (κ2) is 7.65. The molecule has 1 amide bonds. The first-order valence-corrected chi connectivity index (χ1v) is 9.14. The molecule has 0 radical (unpaired) electrons. The predicted octanol–water partition coefficient (Wildman–Crippen LogP) is 5.18. The Morgan fingerprint density at radius 1 is 1.00 bits per heavy atom. The number of fused-ring (bicyclic) bond motifs is 1. The van der Waals surface area contributed by atoms with E-state index >= 15 is 0 Å². The molecule has 2 aromatic carbocycles. The van der Waals surface area contributed by atoms with Crippen LogP contribution in [0.5, 0.6) is 0 Å². The zero-order chi connectivity index (χ0) is 16.9. The van der Waals surface area contributed by atoms with Crippen LogP contribution in [0.15, 0.2) is 48.5 Å². The minimum absolute atomic E-state index is 0.130. The summed E-state index contributed by atoms with van der Waals surface area (Å²) in [5, 5.41) is 0. The van der Waals surface area contributed by atoms with Gasteiger partial charge in [-0.2, -0.15) is 0 Å². The molecule has 0 bridgehead atoms. The third-order valence-corrected chi connectivity index (χ3v) is 5.13. The van der Waals surface area contributed by atoms with E-state index in [0.717, 1.165) is 24.0 Å². The third kappa shape index (κ3) is 3.53. The van der Waals surface area contributed by atoms with Crippen LogP contribution in [-0.2, 0) is 12.8 Å². The molecule has 1 unspecified atom stereocenters. The van der Waals surface area contributed by atoms with E-state index in [1.807, 2.05) is 30.1 Å². The van der Waals surface area contributed by atoms with Crippen LogP contribution in [0.4, 0.5) is 0 Å². The summed E-state index contributed by atoms with van der Waals surface area (Å²) < 4.78 is 0. The molecule has 24 heavy (non-hydrogen) atoms. The number of hydrogen-bond acceptors (Lipinski definition) is 1. The molecule has 0 saturated heterocycles. The van der Waals surface area contributed by atoms with Crippen molar-refractivity contribution in [1.29, 1.82) is 0 Å². The number of benzene rings is 2. The molecule has 1 heterocycles. The average Bonchev–Trinajstić information content (AvgIpc) is 2.62. The zero-order valence-electron chi connectivity index (χ0n) is 14.8. The molecule has 0 aliphatic carbocycles. The standard InChI is InChI=1S/C22H27NO/c1-3-4-5-6-9-17-12-14-18(15-13-17)21-16-19-10-7-8-11-20(19)22(24)23(21)2/h7-8,10-15,21H,3-6,9,16H2,1-2H3. The molecular formula is C22H27NO. The molecule has 0 N–H and O–H groups in total. The Morgan fingerprint density at radius 3 is 2.50 bits per heavy atom. The minimum atomic E-state index is 0.130. The van der Waals surface area contributed by atoms with E-state index < -0.39 is 0 Å². The molecule has 3 rings (SSSR count). The summed E-state index contributed by atoms with van der Waals surface area (Å²) in [7, 11) is 1.92. The lowest BCUT2D eigenvalue weighted by atomic mass is 9.89. The fourth-order valence-electron chi connectivity index (χ4n) is 3.59. The summed E-state index contributed by atoms with van der Waals surface area (Å²) in [4.78, 5) is 14.5. The molecule has 0 saturated carbocycles. The van der Waals surface area contributed by atoms with E-state index in [-0.39, 0.29) is 11.9 Å². The van der Waals surface area contributed by atoms with Gasteiger partial charge in [-0.25, -0.2) is 0 Å². The van der Waals surface area contributed by atoms with Gasteiger partial charge in [-0.05, 0) is 42.0 Å². The van der Waals surface area contributed by atoms with Gasteiger partial charge in [-0.1, -0.05) is 68.7 Å². The molecular weight excluding hydrogens is 294 g/mol. The molecule has 1 atom stereocenters. The average molecular weight is 321 g/mol. The number of amides is 1. The molecule has 2 heteroatoms. The number of hydrogen-bond donors (Lipinski definition) is 0. The quantitative estimate of drug-likeness (QED) is 0.671. The maximum atomic E-state index is 12.6. The van der Waals surface area contributed by atoms with Crippen molar-refractivity contribution in [1.82, 2.24) is 4.90 Å². The fraction of sp³-hybridized carbons (Fsp3) is 0.409. The minimum Gasteiger partial charge on any atom is -0.334 e. The lowest BCUT2D eigenvalue weighted by Gasteiger charge is -2.34. The van der Waals surface area contributed by atoms with Crippen molar-refractivity contribution in [3.05, 3.63) is 70.8 Å². The van der Waals surface area contributed by atoms with E-state index in [1.54, 1.807) is 0 Å². The smallest absolute Gasteiger partial charge is 0.254 e. The van der Waals surface area contributed by atoms with Crippen LogP contribution in [0, 0.1) is 0 Å². The Bertz CT molecular complexity index is 689. The van der Waals surface area contributed by atoms with E-state index in [2.05, 4.69) is 37.3 Å². The Balaban J connectivity index is 1.71. The van der Waals surface area contributed by atoms with Gasteiger partial charge in [0.1, 0.15) is 0 Å². The number of likely N-dealkylation sites (N-methyl/N-ethyl adjacent to an activating group) is 1.